The number of hydrogen-bond donors (Lipinski definition) is 2. The molecule has 0 bridgehead atoms. The molecule has 0 radical (unpaired) electrons. The molecule has 0 heterocycles. The number of fused-ring (bicyclic) bond motifs is 1. The molecule has 1 atom stereocenters. The van der Waals surface area contributed by atoms with E-state index in [0.29, 0.717) is 18.8 Å². The van der Waals surface area contributed by atoms with Crippen molar-refractivity contribution in [2.45, 2.75) is 32.2 Å². The van der Waals surface area contributed by atoms with Gasteiger partial charge in [0.1, 0.15) is 5.75 Å². The van der Waals surface area contributed by atoms with Gasteiger partial charge in [0.25, 0.3) is 0 Å². The lowest BCUT2D eigenvalue weighted by atomic mass is 10.1. The number of aryl methyl sites for hydroxylation is 1. The predicted octanol–water partition coefficient (Wildman–Crippen LogP) is 2.82. The topological polar surface area (TPSA) is 50.4 Å². The molecule has 1 amide bonds. The summed E-state index contributed by atoms with van der Waals surface area (Å²) in [5.41, 5.74) is 2.47. The lowest BCUT2D eigenvalue weighted by molar-refractivity contribution is 0.200. The summed E-state index contributed by atoms with van der Waals surface area (Å²) in [6.07, 6.45) is 7.82. The SMILES string of the molecule is C#CCNC1CCc2ccc(OC(=O)NCCC)cc21.Cl. The molecular weight excluding hydrogens is 288 g/mol. The zero-order valence-corrected chi connectivity index (χ0v) is 13.0. The fourth-order valence-corrected chi connectivity index (χ4v) is 2.41. The minimum Gasteiger partial charge on any atom is -0.410 e. The number of benzene rings is 1. The zero-order valence-electron chi connectivity index (χ0n) is 12.1. The van der Waals surface area contributed by atoms with Crippen molar-refractivity contribution in [1.82, 2.24) is 10.6 Å². The Bertz CT molecular complexity index is 525. The van der Waals surface area contributed by atoms with Crippen molar-refractivity contribution in [2.75, 3.05) is 13.1 Å². The normalized spacial score (nSPS) is 15.5. The number of amides is 1. The molecule has 1 aromatic rings. The van der Waals surface area contributed by atoms with Crippen molar-refractivity contribution in [3.8, 4) is 18.1 Å². The average Bonchev–Trinajstić information content (AvgIpc) is 2.85. The molecule has 1 unspecified atom stereocenters. The molecule has 1 aliphatic rings. The van der Waals surface area contributed by atoms with Gasteiger partial charge in [-0.3, -0.25) is 5.32 Å². The maximum absolute atomic E-state index is 11.5. The number of terminal acetylenes is 1. The number of hydrogen-bond acceptors (Lipinski definition) is 3. The monoisotopic (exact) mass is 308 g/mol. The maximum Gasteiger partial charge on any atom is 0.412 e. The van der Waals surface area contributed by atoms with Crippen LogP contribution in [0, 0.1) is 12.3 Å². The van der Waals surface area contributed by atoms with E-state index in [-0.39, 0.29) is 18.4 Å². The Hall–Kier alpha value is -1.70. The Morgan fingerprint density at radius 1 is 1.52 bits per heavy atom. The van der Waals surface area contributed by atoms with Crippen LogP contribution in [0.5, 0.6) is 5.75 Å². The molecule has 1 aliphatic carbocycles. The van der Waals surface area contributed by atoms with Gasteiger partial charge in [0.05, 0.1) is 6.54 Å². The van der Waals surface area contributed by atoms with Gasteiger partial charge in [-0.05, 0) is 42.5 Å². The second-order valence-corrected chi connectivity index (χ2v) is 4.85. The fraction of sp³-hybridized carbons (Fsp3) is 0.438. The third-order valence-corrected chi connectivity index (χ3v) is 3.38. The molecule has 2 rings (SSSR count). The minimum absolute atomic E-state index is 0. The van der Waals surface area contributed by atoms with Crippen LogP contribution in [-0.2, 0) is 6.42 Å². The summed E-state index contributed by atoms with van der Waals surface area (Å²) in [6, 6.07) is 6.05. The standard InChI is InChI=1S/C16H20N2O2.ClH/c1-3-9-17-15-8-6-12-5-7-13(11-14(12)15)20-16(19)18-10-4-2;/h1,5,7,11,15,17H,4,6,8-10H2,2H3,(H,18,19);1H. The van der Waals surface area contributed by atoms with Crippen molar-refractivity contribution in [3.63, 3.8) is 0 Å². The molecule has 0 aromatic heterocycles. The van der Waals surface area contributed by atoms with E-state index in [1.807, 2.05) is 25.1 Å². The first-order chi connectivity index (χ1) is 9.74. The molecule has 0 spiro atoms. The molecular formula is C16H21ClN2O2. The second-order valence-electron chi connectivity index (χ2n) is 4.85. The number of halogens is 1. The highest BCUT2D eigenvalue weighted by Crippen LogP contribution is 2.33. The lowest BCUT2D eigenvalue weighted by Crippen LogP contribution is -2.27. The van der Waals surface area contributed by atoms with Crippen molar-refractivity contribution in [3.05, 3.63) is 29.3 Å². The molecule has 0 fully saturated rings. The zero-order chi connectivity index (χ0) is 14.4. The maximum atomic E-state index is 11.5. The smallest absolute Gasteiger partial charge is 0.410 e. The van der Waals surface area contributed by atoms with Gasteiger partial charge in [0.2, 0.25) is 0 Å². The van der Waals surface area contributed by atoms with Crippen molar-refractivity contribution < 1.29 is 9.53 Å². The van der Waals surface area contributed by atoms with Crippen LogP contribution < -0.4 is 15.4 Å². The number of rotatable bonds is 5. The first kappa shape index (κ1) is 17.4. The van der Waals surface area contributed by atoms with Crippen LogP contribution in [0.15, 0.2) is 18.2 Å². The fourth-order valence-electron chi connectivity index (χ4n) is 2.41. The summed E-state index contributed by atoms with van der Waals surface area (Å²) in [4.78, 5) is 11.5. The van der Waals surface area contributed by atoms with Crippen molar-refractivity contribution in [2.24, 2.45) is 0 Å². The van der Waals surface area contributed by atoms with Crippen LogP contribution in [0.1, 0.15) is 36.9 Å². The lowest BCUT2D eigenvalue weighted by Gasteiger charge is -2.13. The third-order valence-electron chi connectivity index (χ3n) is 3.38. The third kappa shape index (κ3) is 4.66. The first-order valence-electron chi connectivity index (χ1n) is 7.00. The molecule has 5 heteroatoms. The van der Waals surface area contributed by atoms with Gasteiger partial charge in [-0.1, -0.05) is 18.9 Å². The Morgan fingerprint density at radius 3 is 3.05 bits per heavy atom. The van der Waals surface area contributed by atoms with E-state index in [4.69, 9.17) is 11.2 Å². The Morgan fingerprint density at radius 2 is 2.33 bits per heavy atom. The number of carbonyl (C=O) groups is 1. The molecule has 0 saturated heterocycles. The van der Waals surface area contributed by atoms with Crippen molar-refractivity contribution >= 4 is 18.5 Å². The summed E-state index contributed by atoms with van der Waals surface area (Å²) < 4.78 is 5.28. The Labute approximate surface area is 132 Å². The van der Waals surface area contributed by atoms with E-state index in [1.165, 1.54) is 11.1 Å². The van der Waals surface area contributed by atoms with Crippen LogP contribution in [0.4, 0.5) is 4.79 Å². The van der Waals surface area contributed by atoms with Gasteiger partial charge in [-0.2, -0.15) is 0 Å². The summed E-state index contributed by atoms with van der Waals surface area (Å²) in [5, 5.41) is 6.00. The number of nitrogens with one attached hydrogen (secondary N) is 2. The molecule has 2 N–H and O–H groups in total. The number of ether oxygens (including phenoxy) is 1. The Balaban J connectivity index is 0.00000220. The molecule has 4 nitrogen and oxygen atoms in total. The summed E-state index contributed by atoms with van der Waals surface area (Å²) >= 11 is 0. The van der Waals surface area contributed by atoms with E-state index in [9.17, 15) is 4.79 Å². The first-order valence-corrected chi connectivity index (χ1v) is 7.00. The van der Waals surface area contributed by atoms with Crippen molar-refractivity contribution in [1.29, 1.82) is 0 Å². The van der Waals surface area contributed by atoms with Crippen LogP contribution in [0.25, 0.3) is 0 Å². The van der Waals surface area contributed by atoms with Gasteiger partial charge < -0.3 is 10.1 Å². The average molecular weight is 309 g/mol. The summed E-state index contributed by atoms with van der Waals surface area (Å²) in [7, 11) is 0. The van der Waals surface area contributed by atoms with Gasteiger partial charge in [-0.15, -0.1) is 18.8 Å². The second kappa shape index (κ2) is 8.56. The van der Waals surface area contributed by atoms with Gasteiger partial charge in [0, 0.05) is 12.6 Å². The highest BCUT2D eigenvalue weighted by molar-refractivity contribution is 5.85. The molecule has 114 valence electrons. The Kier molecular flexibility index (Phi) is 7.07. The van der Waals surface area contributed by atoms with Crippen LogP contribution in [0.3, 0.4) is 0 Å². The van der Waals surface area contributed by atoms with Crippen LogP contribution in [-0.4, -0.2) is 19.2 Å². The summed E-state index contributed by atoms with van der Waals surface area (Å²) in [5.74, 6) is 3.16. The van der Waals surface area contributed by atoms with Gasteiger partial charge in [0.15, 0.2) is 0 Å². The van der Waals surface area contributed by atoms with E-state index >= 15 is 0 Å². The van der Waals surface area contributed by atoms with Gasteiger partial charge >= 0.3 is 6.09 Å². The van der Waals surface area contributed by atoms with Gasteiger partial charge in [-0.25, -0.2) is 4.79 Å². The summed E-state index contributed by atoms with van der Waals surface area (Å²) in [6.45, 7) is 3.17. The largest absolute Gasteiger partial charge is 0.412 e. The molecule has 1 aromatic carbocycles. The highest BCUT2D eigenvalue weighted by atomic mass is 35.5. The number of carbonyl (C=O) groups excluding carboxylic acids is 1. The minimum atomic E-state index is -0.405. The van der Waals surface area contributed by atoms with E-state index in [1.54, 1.807) is 0 Å². The van der Waals surface area contributed by atoms with Crippen LogP contribution >= 0.6 is 12.4 Å². The van der Waals surface area contributed by atoms with E-state index < -0.39 is 6.09 Å². The van der Waals surface area contributed by atoms with E-state index in [2.05, 4.69) is 16.6 Å². The van der Waals surface area contributed by atoms with E-state index in [0.717, 1.165) is 19.3 Å². The quantitative estimate of drug-likeness (QED) is 0.822. The highest BCUT2D eigenvalue weighted by Gasteiger charge is 2.22. The van der Waals surface area contributed by atoms with Crippen LogP contribution in [0.2, 0.25) is 0 Å². The predicted molar refractivity (Wildman–Crippen MR) is 85.9 cm³/mol. The molecule has 0 aliphatic heterocycles. The molecule has 21 heavy (non-hydrogen) atoms. The molecule has 0 saturated carbocycles.